The summed E-state index contributed by atoms with van der Waals surface area (Å²) in [5.74, 6) is -0.531. The monoisotopic (exact) mass is 268 g/mol. The standard InChI is InChI=1S/C15H24O4/c1-6-18-14(16)10-13(15(17)19-7-2)12(5)9-8-11(3)4/h9-11H,6-8H2,1-5H3/b12-9+,13-10-. The Kier molecular flexibility index (Phi) is 8.58. The molecule has 0 spiro atoms. The van der Waals surface area contributed by atoms with Crippen LogP contribution in [0.5, 0.6) is 0 Å². The average Bonchev–Trinajstić information content (AvgIpc) is 2.33. The van der Waals surface area contributed by atoms with Gasteiger partial charge in [-0.25, -0.2) is 9.59 Å². The van der Waals surface area contributed by atoms with E-state index in [1.165, 1.54) is 6.08 Å². The molecular formula is C15H24O4. The Bertz CT molecular complexity index is 364. The third-order valence-electron chi connectivity index (χ3n) is 2.36. The van der Waals surface area contributed by atoms with Crippen LogP contribution >= 0.6 is 0 Å². The molecule has 0 aliphatic heterocycles. The Morgan fingerprint density at radius 2 is 1.68 bits per heavy atom. The second-order valence-corrected chi connectivity index (χ2v) is 4.55. The first-order valence-corrected chi connectivity index (χ1v) is 6.65. The van der Waals surface area contributed by atoms with E-state index in [2.05, 4.69) is 13.8 Å². The van der Waals surface area contributed by atoms with Crippen LogP contribution in [0.4, 0.5) is 0 Å². The zero-order chi connectivity index (χ0) is 14.8. The summed E-state index contributed by atoms with van der Waals surface area (Å²) in [4.78, 5) is 23.3. The zero-order valence-electron chi connectivity index (χ0n) is 12.5. The molecule has 0 atom stereocenters. The molecule has 0 aromatic rings. The summed E-state index contributed by atoms with van der Waals surface area (Å²) in [5, 5.41) is 0. The first kappa shape index (κ1) is 17.4. The van der Waals surface area contributed by atoms with Gasteiger partial charge in [0.25, 0.3) is 0 Å². The van der Waals surface area contributed by atoms with E-state index in [-0.39, 0.29) is 18.8 Å². The number of ether oxygens (including phenoxy) is 2. The van der Waals surface area contributed by atoms with Gasteiger partial charge in [-0.2, -0.15) is 0 Å². The quantitative estimate of drug-likeness (QED) is 0.404. The molecule has 108 valence electrons. The van der Waals surface area contributed by atoms with Crippen LogP contribution in [0, 0.1) is 5.92 Å². The van der Waals surface area contributed by atoms with E-state index in [0.717, 1.165) is 12.0 Å². The van der Waals surface area contributed by atoms with Crippen LogP contribution < -0.4 is 0 Å². The number of hydrogen-bond acceptors (Lipinski definition) is 4. The molecule has 0 unspecified atom stereocenters. The van der Waals surface area contributed by atoms with Crippen molar-refractivity contribution < 1.29 is 19.1 Å². The summed E-state index contributed by atoms with van der Waals surface area (Å²) in [6.45, 7) is 9.97. The molecule has 0 saturated carbocycles. The summed E-state index contributed by atoms with van der Waals surface area (Å²) >= 11 is 0. The van der Waals surface area contributed by atoms with Crippen LogP contribution in [0.25, 0.3) is 0 Å². The minimum atomic E-state index is -0.525. The van der Waals surface area contributed by atoms with Gasteiger partial charge in [-0.15, -0.1) is 0 Å². The van der Waals surface area contributed by atoms with E-state index < -0.39 is 11.9 Å². The lowest BCUT2D eigenvalue weighted by Crippen LogP contribution is -2.12. The molecular weight excluding hydrogens is 244 g/mol. The number of esters is 2. The fourth-order valence-corrected chi connectivity index (χ4v) is 1.37. The van der Waals surface area contributed by atoms with Crippen molar-refractivity contribution in [2.24, 2.45) is 5.92 Å². The first-order chi connectivity index (χ1) is 8.92. The van der Waals surface area contributed by atoms with Crippen molar-refractivity contribution in [1.82, 2.24) is 0 Å². The van der Waals surface area contributed by atoms with Crippen molar-refractivity contribution in [1.29, 1.82) is 0 Å². The molecule has 0 saturated heterocycles. The van der Waals surface area contributed by atoms with Crippen LogP contribution in [-0.2, 0) is 19.1 Å². The van der Waals surface area contributed by atoms with Gasteiger partial charge in [-0.1, -0.05) is 19.9 Å². The molecule has 0 bridgehead atoms. The Morgan fingerprint density at radius 3 is 2.16 bits per heavy atom. The third-order valence-corrected chi connectivity index (χ3v) is 2.36. The van der Waals surface area contributed by atoms with Crippen molar-refractivity contribution in [3.05, 3.63) is 23.3 Å². The number of carbonyl (C=O) groups excluding carboxylic acids is 2. The highest BCUT2D eigenvalue weighted by Gasteiger charge is 2.15. The third kappa shape index (κ3) is 7.44. The molecule has 0 aliphatic carbocycles. The van der Waals surface area contributed by atoms with Gasteiger partial charge in [0.15, 0.2) is 0 Å². The molecule has 0 heterocycles. The predicted molar refractivity (Wildman–Crippen MR) is 74.6 cm³/mol. The van der Waals surface area contributed by atoms with E-state index in [4.69, 9.17) is 9.47 Å². The number of carbonyl (C=O) groups is 2. The average molecular weight is 268 g/mol. The minimum Gasteiger partial charge on any atom is -0.463 e. The highest BCUT2D eigenvalue weighted by molar-refractivity contribution is 5.99. The summed E-state index contributed by atoms with van der Waals surface area (Å²) in [7, 11) is 0. The van der Waals surface area contributed by atoms with Crippen LogP contribution in [0.3, 0.4) is 0 Å². The lowest BCUT2D eigenvalue weighted by molar-refractivity contribution is -0.140. The van der Waals surface area contributed by atoms with E-state index in [9.17, 15) is 9.59 Å². The maximum atomic E-state index is 11.8. The Labute approximate surface area is 115 Å². The number of hydrogen-bond donors (Lipinski definition) is 0. The van der Waals surface area contributed by atoms with Gasteiger partial charge >= 0.3 is 11.9 Å². The molecule has 0 N–H and O–H groups in total. The van der Waals surface area contributed by atoms with Crippen LogP contribution in [-0.4, -0.2) is 25.2 Å². The van der Waals surface area contributed by atoms with E-state index in [1.807, 2.05) is 6.08 Å². The normalized spacial score (nSPS) is 12.5. The SMILES string of the molecule is CCOC(=O)/C=C(C(=O)OCC)/C(C)=C/CC(C)C. The van der Waals surface area contributed by atoms with Gasteiger partial charge in [-0.3, -0.25) is 0 Å². The van der Waals surface area contributed by atoms with E-state index in [0.29, 0.717) is 5.92 Å². The lowest BCUT2D eigenvalue weighted by atomic mass is 10.0. The second-order valence-electron chi connectivity index (χ2n) is 4.55. The molecule has 0 rings (SSSR count). The summed E-state index contributed by atoms with van der Waals surface area (Å²) in [5.41, 5.74) is 1.00. The van der Waals surface area contributed by atoms with Crippen LogP contribution in [0.1, 0.15) is 41.0 Å². The van der Waals surface area contributed by atoms with Gasteiger partial charge in [0.05, 0.1) is 18.8 Å². The molecule has 4 heteroatoms. The van der Waals surface area contributed by atoms with Crippen molar-refractivity contribution in [2.45, 2.75) is 41.0 Å². The maximum absolute atomic E-state index is 11.8. The fourth-order valence-electron chi connectivity index (χ4n) is 1.37. The Morgan fingerprint density at radius 1 is 1.11 bits per heavy atom. The topological polar surface area (TPSA) is 52.6 Å². The summed E-state index contributed by atoms with van der Waals surface area (Å²) in [6.07, 6.45) is 3.98. The van der Waals surface area contributed by atoms with Crippen molar-refractivity contribution >= 4 is 11.9 Å². The van der Waals surface area contributed by atoms with Gasteiger partial charge in [0, 0.05) is 6.08 Å². The predicted octanol–water partition coefficient (Wildman–Crippen LogP) is 3.03. The van der Waals surface area contributed by atoms with Gasteiger partial charge in [-0.05, 0) is 38.7 Å². The van der Waals surface area contributed by atoms with E-state index >= 15 is 0 Å². The molecule has 4 nitrogen and oxygen atoms in total. The van der Waals surface area contributed by atoms with Crippen LogP contribution in [0.15, 0.2) is 23.3 Å². The molecule has 0 radical (unpaired) electrons. The lowest BCUT2D eigenvalue weighted by Gasteiger charge is -2.08. The highest BCUT2D eigenvalue weighted by atomic mass is 16.5. The summed E-state index contributed by atoms with van der Waals surface area (Å²) < 4.78 is 9.78. The van der Waals surface area contributed by atoms with Gasteiger partial charge in [0.2, 0.25) is 0 Å². The molecule has 0 aliphatic rings. The second kappa shape index (κ2) is 9.36. The Hall–Kier alpha value is -1.58. The van der Waals surface area contributed by atoms with Crippen molar-refractivity contribution in [2.75, 3.05) is 13.2 Å². The molecule has 19 heavy (non-hydrogen) atoms. The minimum absolute atomic E-state index is 0.265. The van der Waals surface area contributed by atoms with Gasteiger partial charge in [0.1, 0.15) is 0 Å². The van der Waals surface area contributed by atoms with Crippen molar-refractivity contribution in [3.8, 4) is 0 Å². The van der Waals surface area contributed by atoms with Crippen molar-refractivity contribution in [3.63, 3.8) is 0 Å². The van der Waals surface area contributed by atoms with E-state index in [1.54, 1.807) is 20.8 Å². The van der Waals surface area contributed by atoms with Crippen LogP contribution in [0.2, 0.25) is 0 Å². The molecule has 0 aromatic carbocycles. The molecule has 0 amide bonds. The fraction of sp³-hybridized carbons (Fsp3) is 0.600. The maximum Gasteiger partial charge on any atom is 0.338 e. The van der Waals surface area contributed by atoms with Gasteiger partial charge < -0.3 is 9.47 Å². The first-order valence-electron chi connectivity index (χ1n) is 6.65. The highest BCUT2D eigenvalue weighted by Crippen LogP contribution is 2.15. The smallest absolute Gasteiger partial charge is 0.338 e. The number of allylic oxidation sites excluding steroid dienone is 1. The molecule has 0 fully saturated rings. The molecule has 0 aromatic heterocycles. The largest absolute Gasteiger partial charge is 0.463 e. The summed E-state index contributed by atoms with van der Waals surface area (Å²) in [6, 6.07) is 0. The number of rotatable bonds is 7. The zero-order valence-corrected chi connectivity index (χ0v) is 12.5. The Balaban J connectivity index is 5.10.